The Bertz CT molecular complexity index is 178. The zero-order chi connectivity index (χ0) is 10.1. The van der Waals surface area contributed by atoms with E-state index >= 15 is 0 Å². The molecule has 4 unspecified atom stereocenters. The summed E-state index contributed by atoms with van der Waals surface area (Å²) in [6.45, 7) is 0. The lowest BCUT2D eigenvalue weighted by Crippen LogP contribution is -2.15. The topological polar surface area (TPSA) is 63.8 Å². The molecule has 5 heteroatoms. The van der Waals surface area contributed by atoms with Gasteiger partial charge >= 0.3 is 0 Å². The van der Waals surface area contributed by atoms with E-state index in [1.807, 2.05) is 0 Å². The Morgan fingerprint density at radius 2 is 1.50 bits per heavy atom. The molecule has 82 valence electrons. The number of aliphatic hydroxyl groups is 1. The summed E-state index contributed by atoms with van der Waals surface area (Å²) in [4.78, 5) is 0. The first kappa shape index (κ1) is 10.3. The zero-order valence-corrected chi connectivity index (χ0v) is 8.38. The van der Waals surface area contributed by atoms with Gasteiger partial charge in [0.2, 0.25) is 0 Å². The molecular formula is C9H16O5. The average molecular weight is 204 g/mol. The SMILES string of the molecule is COC1OC1CC(O)CC1OC1OC. The maximum absolute atomic E-state index is 9.63. The van der Waals surface area contributed by atoms with E-state index in [1.54, 1.807) is 14.2 Å². The van der Waals surface area contributed by atoms with Crippen LogP contribution in [0.2, 0.25) is 0 Å². The molecule has 1 N–H and O–H groups in total. The van der Waals surface area contributed by atoms with Crippen molar-refractivity contribution in [2.75, 3.05) is 14.2 Å². The standard InChI is InChI=1S/C9H16O5/c1-11-8-6(13-8)3-5(10)4-7-9(12-2)14-7/h5-10H,3-4H2,1-2H3. The highest BCUT2D eigenvalue weighted by molar-refractivity contribution is 4.85. The van der Waals surface area contributed by atoms with Gasteiger partial charge in [-0.25, -0.2) is 0 Å². The molecule has 2 aliphatic rings. The second-order valence-electron chi connectivity index (χ2n) is 3.68. The van der Waals surface area contributed by atoms with Crippen LogP contribution in [0.5, 0.6) is 0 Å². The lowest BCUT2D eigenvalue weighted by Gasteiger charge is -2.05. The van der Waals surface area contributed by atoms with Gasteiger partial charge in [-0.3, -0.25) is 0 Å². The predicted octanol–water partition coefficient (Wildman–Crippen LogP) is -0.130. The van der Waals surface area contributed by atoms with Crippen molar-refractivity contribution in [2.45, 2.75) is 43.7 Å². The molecule has 0 aromatic rings. The van der Waals surface area contributed by atoms with Crippen LogP contribution >= 0.6 is 0 Å². The fraction of sp³-hybridized carbons (Fsp3) is 1.00. The fourth-order valence-electron chi connectivity index (χ4n) is 1.63. The molecule has 2 aliphatic heterocycles. The molecule has 0 bridgehead atoms. The first-order chi connectivity index (χ1) is 6.74. The Balaban J connectivity index is 1.58. The Morgan fingerprint density at radius 3 is 1.79 bits per heavy atom. The van der Waals surface area contributed by atoms with Gasteiger partial charge in [-0.05, 0) is 0 Å². The summed E-state index contributed by atoms with van der Waals surface area (Å²) in [5.41, 5.74) is 0. The lowest BCUT2D eigenvalue weighted by atomic mass is 10.1. The minimum Gasteiger partial charge on any atom is -0.393 e. The van der Waals surface area contributed by atoms with Crippen LogP contribution in [0, 0.1) is 0 Å². The van der Waals surface area contributed by atoms with Gasteiger partial charge < -0.3 is 24.1 Å². The summed E-state index contributed by atoms with van der Waals surface area (Å²) in [5.74, 6) is 0. The summed E-state index contributed by atoms with van der Waals surface area (Å²) in [5, 5.41) is 9.63. The Morgan fingerprint density at radius 1 is 1.07 bits per heavy atom. The predicted molar refractivity (Wildman–Crippen MR) is 46.6 cm³/mol. The molecular weight excluding hydrogens is 188 g/mol. The number of hydrogen-bond acceptors (Lipinski definition) is 5. The van der Waals surface area contributed by atoms with Crippen molar-refractivity contribution in [3.05, 3.63) is 0 Å². The summed E-state index contributed by atoms with van der Waals surface area (Å²) in [6, 6.07) is 0. The maximum Gasteiger partial charge on any atom is 0.184 e. The lowest BCUT2D eigenvalue weighted by molar-refractivity contribution is 0.0948. The summed E-state index contributed by atoms with van der Waals surface area (Å²) in [7, 11) is 3.20. The van der Waals surface area contributed by atoms with Crippen molar-refractivity contribution < 1.29 is 24.1 Å². The van der Waals surface area contributed by atoms with Crippen LogP contribution in [-0.4, -0.2) is 50.2 Å². The van der Waals surface area contributed by atoms with Gasteiger partial charge in [0.05, 0.1) is 6.10 Å². The van der Waals surface area contributed by atoms with E-state index in [2.05, 4.69) is 0 Å². The van der Waals surface area contributed by atoms with Crippen LogP contribution in [0.3, 0.4) is 0 Å². The molecule has 2 fully saturated rings. The van der Waals surface area contributed by atoms with E-state index in [1.165, 1.54) is 0 Å². The van der Waals surface area contributed by atoms with Gasteiger partial charge in [-0.15, -0.1) is 0 Å². The van der Waals surface area contributed by atoms with Crippen molar-refractivity contribution in [3.8, 4) is 0 Å². The minimum absolute atomic E-state index is 0.0507. The molecule has 14 heavy (non-hydrogen) atoms. The summed E-state index contributed by atoms with van der Waals surface area (Å²) in [6.07, 6.45) is 0.671. The monoisotopic (exact) mass is 204 g/mol. The number of rotatable bonds is 6. The van der Waals surface area contributed by atoms with E-state index in [-0.39, 0.29) is 24.8 Å². The van der Waals surface area contributed by atoms with Crippen molar-refractivity contribution in [3.63, 3.8) is 0 Å². The van der Waals surface area contributed by atoms with Crippen LogP contribution in [0.4, 0.5) is 0 Å². The Labute approximate surface area is 82.9 Å². The third-order valence-corrected chi connectivity index (χ3v) is 2.55. The molecule has 0 saturated carbocycles. The van der Waals surface area contributed by atoms with Crippen molar-refractivity contribution >= 4 is 0 Å². The average Bonchev–Trinajstić information content (AvgIpc) is 3.02. The van der Waals surface area contributed by atoms with Gasteiger partial charge in [0, 0.05) is 27.1 Å². The van der Waals surface area contributed by atoms with Crippen LogP contribution in [0.15, 0.2) is 0 Å². The summed E-state index contributed by atoms with van der Waals surface area (Å²) < 4.78 is 20.2. The largest absolute Gasteiger partial charge is 0.393 e. The van der Waals surface area contributed by atoms with Crippen LogP contribution in [-0.2, 0) is 18.9 Å². The Kier molecular flexibility index (Phi) is 3.04. The minimum atomic E-state index is -0.398. The molecule has 2 heterocycles. The molecule has 2 saturated heterocycles. The number of methoxy groups -OCH3 is 2. The summed E-state index contributed by atoms with van der Waals surface area (Å²) >= 11 is 0. The third kappa shape index (κ3) is 2.43. The molecule has 0 aliphatic carbocycles. The van der Waals surface area contributed by atoms with Crippen LogP contribution in [0.25, 0.3) is 0 Å². The molecule has 0 aromatic carbocycles. The molecule has 4 atom stereocenters. The van der Waals surface area contributed by atoms with Crippen molar-refractivity contribution in [2.24, 2.45) is 0 Å². The first-order valence-electron chi connectivity index (χ1n) is 4.79. The van der Waals surface area contributed by atoms with E-state index < -0.39 is 6.10 Å². The number of hydrogen-bond donors (Lipinski definition) is 1. The van der Waals surface area contributed by atoms with Gasteiger partial charge in [-0.1, -0.05) is 0 Å². The van der Waals surface area contributed by atoms with E-state index in [0.717, 1.165) is 0 Å². The highest BCUT2D eigenvalue weighted by atomic mass is 16.8. The molecule has 0 amide bonds. The smallest absolute Gasteiger partial charge is 0.184 e. The van der Waals surface area contributed by atoms with Crippen molar-refractivity contribution in [1.29, 1.82) is 0 Å². The van der Waals surface area contributed by atoms with Gasteiger partial charge in [0.1, 0.15) is 12.2 Å². The first-order valence-corrected chi connectivity index (χ1v) is 4.79. The highest BCUT2D eigenvalue weighted by Gasteiger charge is 2.44. The molecule has 5 nitrogen and oxygen atoms in total. The number of aliphatic hydroxyl groups excluding tert-OH is 1. The third-order valence-electron chi connectivity index (χ3n) is 2.55. The molecule has 0 aromatic heterocycles. The van der Waals surface area contributed by atoms with Crippen LogP contribution < -0.4 is 0 Å². The highest BCUT2D eigenvalue weighted by Crippen LogP contribution is 2.32. The second-order valence-corrected chi connectivity index (χ2v) is 3.68. The van der Waals surface area contributed by atoms with Gasteiger partial charge in [0.15, 0.2) is 12.6 Å². The molecule has 0 radical (unpaired) electrons. The molecule has 2 rings (SSSR count). The van der Waals surface area contributed by atoms with Gasteiger partial charge in [0.25, 0.3) is 0 Å². The normalized spacial score (nSPS) is 42.2. The quantitative estimate of drug-likeness (QED) is 0.610. The molecule has 0 spiro atoms. The second kappa shape index (κ2) is 4.12. The zero-order valence-electron chi connectivity index (χ0n) is 8.38. The maximum atomic E-state index is 9.63. The van der Waals surface area contributed by atoms with Gasteiger partial charge in [-0.2, -0.15) is 0 Å². The fourth-order valence-corrected chi connectivity index (χ4v) is 1.63. The number of ether oxygens (including phenoxy) is 4. The van der Waals surface area contributed by atoms with Crippen molar-refractivity contribution in [1.82, 2.24) is 0 Å². The van der Waals surface area contributed by atoms with Crippen LogP contribution in [0.1, 0.15) is 12.8 Å². The van der Waals surface area contributed by atoms with E-state index in [0.29, 0.717) is 12.8 Å². The Hall–Kier alpha value is -0.200. The van der Waals surface area contributed by atoms with E-state index in [9.17, 15) is 5.11 Å². The van der Waals surface area contributed by atoms with E-state index in [4.69, 9.17) is 18.9 Å². The number of epoxide rings is 2.